The highest BCUT2D eigenvalue weighted by Gasteiger charge is 2.21. The average molecular weight is 367 g/mol. The van der Waals surface area contributed by atoms with Crippen molar-refractivity contribution in [3.8, 4) is 0 Å². The van der Waals surface area contributed by atoms with Gasteiger partial charge in [0.25, 0.3) is 0 Å². The Kier molecular flexibility index (Phi) is 6.50. The molecule has 0 radical (unpaired) electrons. The van der Waals surface area contributed by atoms with E-state index in [-0.39, 0.29) is 17.6 Å². The number of esters is 1. The quantitative estimate of drug-likeness (QED) is 0.609. The van der Waals surface area contributed by atoms with Crippen molar-refractivity contribution in [1.29, 1.82) is 0 Å². The van der Waals surface area contributed by atoms with Crippen LogP contribution >= 0.6 is 0 Å². The Bertz CT molecular complexity index is 853. The van der Waals surface area contributed by atoms with Crippen molar-refractivity contribution < 1.29 is 19.1 Å². The van der Waals surface area contributed by atoms with Crippen LogP contribution in [0.3, 0.4) is 0 Å². The third kappa shape index (κ3) is 5.26. The lowest BCUT2D eigenvalue weighted by molar-refractivity contribution is -0.118. The van der Waals surface area contributed by atoms with Gasteiger partial charge in [0.2, 0.25) is 11.7 Å². The summed E-state index contributed by atoms with van der Waals surface area (Å²) < 4.78 is 5.34. The molecule has 0 aliphatic heterocycles. The zero-order chi connectivity index (χ0) is 20.1. The van der Waals surface area contributed by atoms with Crippen LogP contribution in [0.5, 0.6) is 0 Å². The summed E-state index contributed by atoms with van der Waals surface area (Å²) in [6.07, 6.45) is -0.908. The molecular weight excluding hydrogens is 342 g/mol. The van der Waals surface area contributed by atoms with Gasteiger partial charge >= 0.3 is 5.97 Å². The first-order valence-electron chi connectivity index (χ1n) is 8.92. The largest absolute Gasteiger partial charge is 0.451 e. The summed E-state index contributed by atoms with van der Waals surface area (Å²) in [7, 11) is 0. The summed E-state index contributed by atoms with van der Waals surface area (Å²) in [6.45, 7) is 8.94. The highest BCUT2D eigenvalue weighted by Crippen LogP contribution is 2.16. The van der Waals surface area contributed by atoms with Gasteiger partial charge in [0.05, 0.1) is 5.56 Å². The molecule has 1 atom stereocenters. The van der Waals surface area contributed by atoms with Crippen molar-refractivity contribution in [1.82, 2.24) is 0 Å². The molecule has 1 unspecified atom stereocenters. The Morgan fingerprint density at radius 1 is 0.926 bits per heavy atom. The average Bonchev–Trinajstić information content (AvgIpc) is 2.61. The van der Waals surface area contributed by atoms with E-state index >= 15 is 0 Å². The lowest BCUT2D eigenvalue weighted by Crippen LogP contribution is -2.25. The minimum Gasteiger partial charge on any atom is -0.451 e. The number of hydrogen-bond acceptors (Lipinski definition) is 4. The maximum atomic E-state index is 12.5. The van der Waals surface area contributed by atoms with Crippen LogP contribution in [0.4, 0.5) is 5.69 Å². The zero-order valence-electron chi connectivity index (χ0n) is 16.3. The summed E-state index contributed by atoms with van der Waals surface area (Å²) in [5.41, 5.74) is 3.35. The second kappa shape index (κ2) is 8.62. The van der Waals surface area contributed by atoms with Crippen molar-refractivity contribution in [2.45, 2.75) is 40.7 Å². The molecule has 0 saturated carbocycles. The molecule has 2 aromatic carbocycles. The Balaban J connectivity index is 2.04. The molecule has 5 nitrogen and oxygen atoms in total. The number of nitrogens with one attached hydrogen (secondary N) is 1. The SMILES string of the molecule is Cc1ccc(C(=O)OC(C)C(=O)c2ccc(NC(=O)C(C)C)cc2)c(C)c1. The molecule has 2 rings (SSSR count). The fourth-order valence-electron chi connectivity index (χ4n) is 2.56. The number of amides is 1. The molecule has 0 fully saturated rings. The summed E-state index contributed by atoms with van der Waals surface area (Å²) >= 11 is 0. The highest BCUT2D eigenvalue weighted by atomic mass is 16.5. The second-order valence-electron chi connectivity index (χ2n) is 6.95. The van der Waals surface area contributed by atoms with Gasteiger partial charge in [-0.3, -0.25) is 9.59 Å². The van der Waals surface area contributed by atoms with E-state index in [1.54, 1.807) is 51.1 Å². The van der Waals surface area contributed by atoms with E-state index in [2.05, 4.69) is 5.32 Å². The molecule has 2 aromatic rings. The molecular formula is C22H25NO4. The van der Waals surface area contributed by atoms with E-state index in [9.17, 15) is 14.4 Å². The third-order valence-electron chi connectivity index (χ3n) is 4.22. The normalized spacial score (nSPS) is 11.8. The minimum atomic E-state index is -0.908. The van der Waals surface area contributed by atoms with Crippen molar-refractivity contribution in [3.63, 3.8) is 0 Å². The minimum absolute atomic E-state index is 0.0927. The number of Topliss-reactive ketones (excluding diaryl/α,β-unsaturated/α-hetero) is 1. The Labute approximate surface area is 159 Å². The van der Waals surface area contributed by atoms with E-state index < -0.39 is 12.1 Å². The fourth-order valence-corrected chi connectivity index (χ4v) is 2.56. The number of aryl methyl sites for hydroxylation is 2. The molecule has 142 valence electrons. The Morgan fingerprint density at radius 2 is 1.56 bits per heavy atom. The molecule has 1 N–H and O–H groups in total. The van der Waals surface area contributed by atoms with Crippen molar-refractivity contribution in [2.75, 3.05) is 5.32 Å². The molecule has 0 spiro atoms. The first-order chi connectivity index (χ1) is 12.7. The Hall–Kier alpha value is -2.95. The Morgan fingerprint density at radius 3 is 2.11 bits per heavy atom. The lowest BCUT2D eigenvalue weighted by Gasteiger charge is -2.14. The topological polar surface area (TPSA) is 72.5 Å². The van der Waals surface area contributed by atoms with Gasteiger partial charge in [0.15, 0.2) is 6.10 Å². The van der Waals surface area contributed by atoms with Gasteiger partial charge < -0.3 is 10.1 Å². The van der Waals surface area contributed by atoms with Crippen LogP contribution in [0.2, 0.25) is 0 Å². The molecule has 0 aromatic heterocycles. The maximum Gasteiger partial charge on any atom is 0.339 e. The van der Waals surface area contributed by atoms with E-state index in [4.69, 9.17) is 4.74 Å². The van der Waals surface area contributed by atoms with Crippen LogP contribution in [0.1, 0.15) is 52.6 Å². The second-order valence-corrected chi connectivity index (χ2v) is 6.95. The van der Waals surface area contributed by atoms with Crippen molar-refractivity contribution >= 4 is 23.3 Å². The van der Waals surface area contributed by atoms with Crippen molar-refractivity contribution in [2.24, 2.45) is 5.92 Å². The van der Waals surface area contributed by atoms with Crippen LogP contribution in [0.15, 0.2) is 42.5 Å². The van der Waals surface area contributed by atoms with Gasteiger partial charge in [-0.25, -0.2) is 4.79 Å². The van der Waals surface area contributed by atoms with Gasteiger partial charge in [0.1, 0.15) is 0 Å². The predicted molar refractivity (Wildman–Crippen MR) is 105 cm³/mol. The van der Waals surface area contributed by atoms with Gasteiger partial charge in [-0.1, -0.05) is 31.5 Å². The number of hydrogen-bond donors (Lipinski definition) is 1. The summed E-state index contributed by atoms with van der Waals surface area (Å²) in [4.78, 5) is 36.6. The molecule has 0 aliphatic carbocycles. The van der Waals surface area contributed by atoms with E-state index in [1.165, 1.54) is 0 Å². The van der Waals surface area contributed by atoms with Crippen LogP contribution < -0.4 is 5.32 Å². The van der Waals surface area contributed by atoms with Crippen LogP contribution in [0, 0.1) is 19.8 Å². The van der Waals surface area contributed by atoms with E-state index in [0.717, 1.165) is 11.1 Å². The standard InChI is InChI=1S/C22H25NO4/c1-13(2)21(25)23-18-9-7-17(8-10-18)20(24)16(5)27-22(26)19-11-6-14(3)12-15(19)4/h6-13,16H,1-5H3,(H,23,25). The first kappa shape index (κ1) is 20.4. The van der Waals surface area contributed by atoms with E-state index in [0.29, 0.717) is 16.8 Å². The maximum absolute atomic E-state index is 12.5. The molecule has 0 saturated heterocycles. The smallest absolute Gasteiger partial charge is 0.339 e. The predicted octanol–water partition coefficient (Wildman–Crippen LogP) is 4.33. The van der Waals surface area contributed by atoms with Crippen LogP contribution in [-0.4, -0.2) is 23.8 Å². The third-order valence-corrected chi connectivity index (χ3v) is 4.22. The first-order valence-corrected chi connectivity index (χ1v) is 8.92. The summed E-state index contributed by atoms with van der Waals surface area (Å²) in [5.74, 6) is -1.04. The van der Waals surface area contributed by atoms with E-state index in [1.807, 2.05) is 26.0 Å². The number of carbonyl (C=O) groups excluding carboxylic acids is 3. The molecule has 0 aliphatic rings. The number of anilines is 1. The number of ether oxygens (including phenoxy) is 1. The molecule has 0 bridgehead atoms. The van der Waals surface area contributed by atoms with Gasteiger partial charge in [-0.2, -0.15) is 0 Å². The number of rotatable bonds is 6. The van der Waals surface area contributed by atoms with Crippen LogP contribution in [0.25, 0.3) is 0 Å². The lowest BCUT2D eigenvalue weighted by atomic mass is 10.0. The highest BCUT2D eigenvalue weighted by molar-refractivity contribution is 6.02. The number of benzene rings is 2. The summed E-state index contributed by atoms with van der Waals surface area (Å²) in [5, 5.41) is 2.77. The molecule has 27 heavy (non-hydrogen) atoms. The van der Waals surface area contributed by atoms with Gasteiger partial charge in [0, 0.05) is 17.2 Å². The monoisotopic (exact) mass is 367 g/mol. The zero-order valence-corrected chi connectivity index (χ0v) is 16.3. The van der Waals surface area contributed by atoms with Crippen LogP contribution in [-0.2, 0) is 9.53 Å². The molecule has 1 amide bonds. The van der Waals surface area contributed by atoms with Gasteiger partial charge in [-0.05, 0) is 56.7 Å². The van der Waals surface area contributed by atoms with Gasteiger partial charge in [-0.15, -0.1) is 0 Å². The number of ketones is 1. The number of carbonyl (C=O) groups is 3. The summed E-state index contributed by atoms with van der Waals surface area (Å²) in [6, 6.07) is 12.0. The van der Waals surface area contributed by atoms with Crippen molar-refractivity contribution in [3.05, 3.63) is 64.7 Å². The molecule has 5 heteroatoms. The fraction of sp³-hybridized carbons (Fsp3) is 0.318. The molecule has 0 heterocycles.